The molecule has 0 radical (unpaired) electrons. The van der Waals surface area contributed by atoms with Gasteiger partial charge in [0.05, 0.1) is 12.5 Å². The summed E-state index contributed by atoms with van der Waals surface area (Å²) in [7, 11) is 0. The minimum Gasteiger partial charge on any atom is -0.348 e. The van der Waals surface area contributed by atoms with Crippen LogP contribution in [-0.4, -0.2) is 27.9 Å². The molecule has 1 aliphatic carbocycles. The van der Waals surface area contributed by atoms with Gasteiger partial charge >= 0.3 is 0 Å². The van der Waals surface area contributed by atoms with Gasteiger partial charge in [-0.15, -0.1) is 0 Å². The maximum absolute atomic E-state index is 12.0. The third-order valence-electron chi connectivity index (χ3n) is 3.90. The zero-order chi connectivity index (χ0) is 15.1. The average molecular weight is 290 g/mol. The summed E-state index contributed by atoms with van der Waals surface area (Å²) >= 11 is 0. The van der Waals surface area contributed by atoms with Crippen LogP contribution < -0.4 is 5.43 Å². The average Bonchev–Trinajstić information content (AvgIpc) is 2.91. The number of Topliss-reactive ketones (excluding diaryl/α,β-unsaturated/α-hetero) is 1. The lowest BCUT2D eigenvalue weighted by atomic mass is 9.85. The molecule has 0 atom stereocenters. The Hall–Kier alpha value is -1.98. The molecule has 0 bridgehead atoms. The number of hydrazone groups is 1. The lowest BCUT2D eigenvalue weighted by Crippen LogP contribution is -2.22. The Kier molecular flexibility index (Phi) is 5.66. The topological polar surface area (TPSA) is 87.2 Å². The number of ketones is 1. The second kappa shape index (κ2) is 7.71. The normalized spacial score (nSPS) is 16.2. The number of nitrogens with one attached hydrogen (secondary N) is 2. The Labute approximate surface area is 124 Å². The monoisotopic (exact) mass is 290 g/mol. The lowest BCUT2D eigenvalue weighted by molar-refractivity contribution is -0.127. The molecule has 1 heterocycles. The van der Waals surface area contributed by atoms with E-state index in [1.54, 1.807) is 6.33 Å². The number of H-pyrrole nitrogens is 1. The molecule has 0 aliphatic heterocycles. The van der Waals surface area contributed by atoms with Crippen LogP contribution in [0.15, 0.2) is 11.4 Å². The molecule has 1 aromatic heterocycles. The van der Waals surface area contributed by atoms with Gasteiger partial charge in [-0.25, -0.2) is 10.4 Å². The number of hydrogen-bond donors (Lipinski definition) is 2. The molecule has 0 saturated heterocycles. The first-order valence-corrected chi connectivity index (χ1v) is 7.51. The molecular weight excluding hydrogens is 268 g/mol. The molecule has 114 valence electrons. The van der Waals surface area contributed by atoms with Crippen molar-refractivity contribution in [3.05, 3.63) is 17.7 Å². The Morgan fingerprint density at radius 3 is 2.81 bits per heavy atom. The van der Waals surface area contributed by atoms with Gasteiger partial charge in [-0.1, -0.05) is 19.3 Å². The van der Waals surface area contributed by atoms with Gasteiger partial charge < -0.3 is 4.98 Å². The van der Waals surface area contributed by atoms with Crippen LogP contribution in [0.2, 0.25) is 0 Å². The van der Waals surface area contributed by atoms with Gasteiger partial charge in [-0.05, 0) is 19.8 Å². The SMILES string of the molecule is Cc1[nH]cnc1/C=N/NC(=O)CCC(=O)C1CCCCC1. The van der Waals surface area contributed by atoms with Crippen molar-refractivity contribution in [1.29, 1.82) is 0 Å². The minimum absolute atomic E-state index is 0.168. The van der Waals surface area contributed by atoms with Crippen molar-refractivity contribution < 1.29 is 9.59 Å². The van der Waals surface area contributed by atoms with Crippen molar-refractivity contribution >= 4 is 17.9 Å². The zero-order valence-electron chi connectivity index (χ0n) is 12.4. The van der Waals surface area contributed by atoms with E-state index in [1.807, 2.05) is 6.92 Å². The molecule has 1 amide bonds. The fourth-order valence-corrected chi connectivity index (χ4v) is 2.59. The standard InChI is InChI=1S/C15H22N4O2/c1-11-13(17-10-16-11)9-18-19-15(21)8-7-14(20)12-5-3-2-4-6-12/h9-10,12H,2-8H2,1H3,(H,16,17)(H,19,21)/b18-9+. The summed E-state index contributed by atoms with van der Waals surface area (Å²) in [5.74, 6) is 0.155. The van der Waals surface area contributed by atoms with Crippen LogP contribution >= 0.6 is 0 Å². The largest absolute Gasteiger partial charge is 0.348 e. The van der Waals surface area contributed by atoms with Gasteiger partial charge in [0.15, 0.2) is 0 Å². The fraction of sp³-hybridized carbons (Fsp3) is 0.600. The van der Waals surface area contributed by atoms with Crippen LogP contribution in [-0.2, 0) is 9.59 Å². The van der Waals surface area contributed by atoms with E-state index < -0.39 is 0 Å². The Morgan fingerprint density at radius 1 is 1.38 bits per heavy atom. The summed E-state index contributed by atoms with van der Waals surface area (Å²) in [5, 5.41) is 3.85. The molecule has 6 heteroatoms. The molecule has 0 spiro atoms. The molecule has 21 heavy (non-hydrogen) atoms. The van der Waals surface area contributed by atoms with E-state index in [2.05, 4.69) is 20.5 Å². The first kappa shape index (κ1) is 15.4. The number of aryl methyl sites for hydroxylation is 1. The number of carbonyl (C=O) groups excluding carboxylic acids is 2. The second-order valence-corrected chi connectivity index (χ2v) is 5.51. The summed E-state index contributed by atoms with van der Waals surface area (Å²) < 4.78 is 0. The second-order valence-electron chi connectivity index (χ2n) is 5.51. The molecule has 2 rings (SSSR count). The van der Waals surface area contributed by atoms with Crippen molar-refractivity contribution in [3.63, 3.8) is 0 Å². The van der Waals surface area contributed by atoms with Gasteiger partial charge in [-0.2, -0.15) is 5.10 Å². The van der Waals surface area contributed by atoms with Crippen molar-refractivity contribution in [2.24, 2.45) is 11.0 Å². The summed E-state index contributed by atoms with van der Waals surface area (Å²) in [6.45, 7) is 1.87. The molecule has 2 N–H and O–H groups in total. The highest BCUT2D eigenvalue weighted by Gasteiger charge is 2.21. The number of aromatic nitrogens is 2. The van der Waals surface area contributed by atoms with Crippen LogP contribution in [0, 0.1) is 12.8 Å². The van der Waals surface area contributed by atoms with Crippen LogP contribution in [0.3, 0.4) is 0 Å². The number of rotatable bonds is 6. The van der Waals surface area contributed by atoms with E-state index in [1.165, 1.54) is 12.6 Å². The first-order valence-electron chi connectivity index (χ1n) is 7.51. The van der Waals surface area contributed by atoms with Crippen LogP contribution in [0.4, 0.5) is 0 Å². The minimum atomic E-state index is -0.233. The molecular formula is C15H22N4O2. The summed E-state index contributed by atoms with van der Waals surface area (Å²) in [4.78, 5) is 30.6. The smallest absolute Gasteiger partial charge is 0.240 e. The predicted octanol–water partition coefficient (Wildman–Crippen LogP) is 2.10. The van der Waals surface area contributed by atoms with Gasteiger partial charge in [0.25, 0.3) is 0 Å². The van der Waals surface area contributed by atoms with E-state index in [-0.39, 0.29) is 24.0 Å². The lowest BCUT2D eigenvalue weighted by Gasteiger charge is -2.19. The summed E-state index contributed by atoms with van der Waals surface area (Å²) in [6.07, 6.45) is 9.04. The maximum atomic E-state index is 12.0. The third kappa shape index (κ3) is 4.81. The number of nitrogens with zero attached hydrogens (tertiary/aromatic N) is 2. The van der Waals surface area contributed by atoms with Crippen molar-refractivity contribution in [2.75, 3.05) is 0 Å². The van der Waals surface area contributed by atoms with Gasteiger partial charge in [0.1, 0.15) is 11.5 Å². The van der Waals surface area contributed by atoms with E-state index >= 15 is 0 Å². The van der Waals surface area contributed by atoms with Crippen molar-refractivity contribution in [2.45, 2.75) is 51.9 Å². The first-order chi connectivity index (χ1) is 10.2. The zero-order valence-corrected chi connectivity index (χ0v) is 12.4. The highest BCUT2D eigenvalue weighted by atomic mass is 16.2. The van der Waals surface area contributed by atoms with Crippen molar-refractivity contribution in [1.82, 2.24) is 15.4 Å². The van der Waals surface area contributed by atoms with Gasteiger partial charge in [-0.3, -0.25) is 9.59 Å². The molecule has 1 aromatic rings. The highest BCUT2D eigenvalue weighted by molar-refractivity contribution is 5.87. The maximum Gasteiger partial charge on any atom is 0.240 e. The van der Waals surface area contributed by atoms with Crippen LogP contribution in [0.5, 0.6) is 0 Å². The Morgan fingerprint density at radius 2 is 2.14 bits per heavy atom. The number of carbonyl (C=O) groups is 2. The van der Waals surface area contributed by atoms with Gasteiger partial charge in [0, 0.05) is 24.5 Å². The molecule has 6 nitrogen and oxygen atoms in total. The number of imidazole rings is 1. The predicted molar refractivity (Wildman–Crippen MR) is 79.9 cm³/mol. The number of amides is 1. The molecule has 1 fully saturated rings. The van der Waals surface area contributed by atoms with Crippen LogP contribution in [0.1, 0.15) is 56.3 Å². The van der Waals surface area contributed by atoms with Crippen LogP contribution in [0.25, 0.3) is 0 Å². The number of aromatic amines is 1. The Balaban J connectivity index is 1.68. The van der Waals surface area contributed by atoms with E-state index in [4.69, 9.17) is 0 Å². The molecule has 0 unspecified atom stereocenters. The molecule has 0 aromatic carbocycles. The Bertz CT molecular complexity index is 515. The van der Waals surface area contributed by atoms with Crippen molar-refractivity contribution in [3.8, 4) is 0 Å². The summed E-state index contributed by atoms with van der Waals surface area (Å²) in [5.41, 5.74) is 4.01. The van der Waals surface area contributed by atoms with E-state index in [9.17, 15) is 9.59 Å². The highest BCUT2D eigenvalue weighted by Crippen LogP contribution is 2.25. The number of hydrogen-bond acceptors (Lipinski definition) is 4. The van der Waals surface area contributed by atoms with Gasteiger partial charge in [0.2, 0.25) is 5.91 Å². The summed E-state index contributed by atoms with van der Waals surface area (Å²) in [6, 6.07) is 0. The quantitative estimate of drug-likeness (QED) is 0.621. The van der Waals surface area contributed by atoms with E-state index in [0.29, 0.717) is 12.1 Å². The molecule has 1 saturated carbocycles. The third-order valence-corrected chi connectivity index (χ3v) is 3.90. The van der Waals surface area contributed by atoms with E-state index in [0.717, 1.165) is 31.4 Å². The fourth-order valence-electron chi connectivity index (χ4n) is 2.59. The molecule has 1 aliphatic rings.